The minimum absolute atomic E-state index is 0.146. The van der Waals surface area contributed by atoms with Gasteiger partial charge in [0.2, 0.25) is 0 Å². The van der Waals surface area contributed by atoms with E-state index < -0.39 is 23.1 Å². The van der Waals surface area contributed by atoms with Crippen molar-refractivity contribution in [3.8, 4) is 0 Å². The molecule has 16 heavy (non-hydrogen) atoms. The van der Waals surface area contributed by atoms with Gasteiger partial charge in [-0.15, -0.1) is 0 Å². The lowest BCUT2D eigenvalue weighted by Gasteiger charge is -2.12. The van der Waals surface area contributed by atoms with Gasteiger partial charge in [0.25, 0.3) is 5.91 Å². The Morgan fingerprint density at radius 3 is 2.69 bits per heavy atom. The molecule has 0 aliphatic carbocycles. The molecule has 5 heteroatoms. The summed E-state index contributed by atoms with van der Waals surface area (Å²) in [5.41, 5.74) is 4.40. The van der Waals surface area contributed by atoms with Crippen molar-refractivity contribution in [2.24, 2.45) is 0 Å². The highest BCUT2D eigenvalue weighted by atomic mass is 19.1. The molecule has 0 aliphatic rings. The van der Waals surface area contributed by atoms with Crippen molar-refractivity contribution < 1.29 is 13.6 Å². The van der Waals surface area contributed by atoms with E-state index in [4.69, 9.17) is 5.73 Å². The molecule has 1 amide bonds. The Morgan fingerprint density at radius 1 is 1.50 bits per heavy atom. The van der Waals surface area contributed by atoms with Crippen molar-refractivity contribution in [1.29, 1.82) is 0 Å². The number of rotatable bonds is 3. The van der Waals surface area contributed by atoms with Gasteiger partial charge in [0.05, 0.1) is 5.69 Å². The second-order valence-electron chi connectivity index (χ2n) is 3.61. The molecule has 3 nitrogen and oxygen atoms in total. The summed E-state index contributed by atoms with van der Waals surface area (Å²) in [4.78, 5) is 11.6. The fraction of sp³-hybridized carbons (Fsp3) is 0.364. The van der Waals surface area contributed by atoms with E-state index in [0.717, 1.165) is 12.1 Å². The van der Waals surface area contributed by atoms with Gasteiger partial charge in [-0.1, -0.05) is 6.92 Å². The first-order chi connectivity index (χ1) is 7.47. The first-order valence-corrected chi connectivity index (χ1v) is 5.01. The standard InChI is InChI=1S/C11H14F2N2O/c1-3-6(2)15-11(16)9-7(12)4-5-8(14)10(9)13/h4-6H,3,14H2,1-2H3,(H,15,16). The van der Waals surface area contributed by atoms with Gasteiger partial charge in [-0.3, -0.25) is 4.79 Å². The summed E-state index contributed by atoms with van der Waals surface area (Å²) in [7, 11) is 0. The van der Waals surface area contributed by atoms with Crippen LogP contribution in [0.5, 0.6) is 0 Å². The topological polar surface area (TPSA) is 55.1 Å². The van der Waals surface area contributed by atoms with Crippen LogP contribution in [0.1, 0.15) is 30.6 Å². The lowest BCUT2D eigenvalue weighted by molar-refractivity contribution is 0.0931. The van der Waals surface area contributed by atoms with Crippen molar-refractivity contribution >= 4 is 11.6 Å². The minimum Gasteiger partial charge on any atom is -0.396 e. The molecule has 0 spiro atoms. The summed E-state index contributed by atoms with van der Waals surface area (Å²) in [6.07, 6.45) is 0.678. The van der Waals surface area contributed by atoms with E-state index >= 15 is 0 Å². The van der Waals surface area contributed by atoms with Gasteiger partial charge in [-0.2, -0.15) is 0 Å². The number of nitrogen functional groups attached to an aromatic ring is 1. The van der Waals surface area contributed by atoms with E-state index in [9.17, 15) is 13.6 Å². The highest BCUT2D eigenvalue weighted by molar-refractivity contribution is 5.95. The van der Waals surface area contributed by atoms with Crippen LogP contribution < -0.4 is 11.1 Å². The number of carbonyl (C=O) groups excluding carboxylic acids is 1. The van der Waals surface area contributed by atoms with E-state index in [1.165, 1.54) is 0 Å². The van der Waals surface area contributed by atoms with Gasteiger partial charge in [0.1, 0.15) is 11.4 Å². The lowest BCUT2D eigenvalue weighted by Crippen LogP contribution is -2.33. The summed E-state index contributed by atoms with van der Waals surface area (Å²) < 4.78 is 26.7. The molecule has 1 aromatic carbocycles. The van der Waals surface area contributed by atoms with E-state index in [0.29, 0.717) is 6.42 Å². The monoisotopic (exact) mass is 228 g/mol. The smallest absolute Gasteiger partial charge is 0.257 e. The number of carbonyl (C=O) groups is 1. The second-order valence-corrected chi connectivity index (χ2v) is 3.61. The summed E-state index contributed by atoms with van der Waals surface area (Å²) in [5, 5.41) is 2.48. The normalized spacial score (nSPS) is 12.2. The molecular weight excluding hydrogens is 214 g/mol. The fourth-order valence-corrected chi connectivity index (χ4v) is 1.17. The van der Waals surface area contributed by atoms with Crippen LogP contribution in [0.4, 0.5) is 14.5 Å². The molecule has 1 aromatic rings. The molecule has 0 bridgehead atoms. The molecule has 1 atom stereocenters. The van der Waals surface area contributed by atoms with Crippen molar-refractivity contribution in [2.45, 2.75) is 26.3 Å². The number of nitrogens with two attached hydrogens (primary N) is 1. The van der Waals surface area contributed by atoms with Gasteiger partial charge in [0.15, 0.2) is 5.82 Å². The fourth-order valence-electron chi connectivity index (χ4n) is 1.17. The number of benzene rings is 1. The van der Waals surface area contributed by atoms with E-state index in [1.807, 2.05) is 6.92 Å². The van der Waals surface area contributed by atoms with Crippen molar-refractivity contribution in [1.82, 2.24) is 5.32 Å². The van der Waals surface area contributed by atoms with Gasteiger partial charge >= 0.3 is 0 Å². The maximum absolute atomic E-state index is 13.4. The zero-order valence-corrected chi connectivity index (χ0v) is 9.18. The minimum atomic E-state index is -1.01. The first kappa shape index (κ1) is 12.4. The maximum atomic E-state index is 13.4. The molecule has 0 saturated heterocycles. The third-order valence-corrected chi connectivity index (χ3v) is 2.34. The Morgan fingerprint density at radius 2 is 2.12 bits per heavy atom. The third kappa shape index (κ3) is 2.48. The van der Waals surface area contributed by atoms with E-state index in [-0.39, 0.29) is 11.7 Å². The maximum Gasteiger partial charge on any atom is 0.257 e. The molecular formula is C11H14F2N2O. The van der Waals surface area contributed by atoms with Crippen LogP contribution >= 0.6 is 0 Å². The van der Waals surface area contributed by atoms with E-state index in [2.05, 4.69) is 5.32 Å². The molecule has 0 fully saturated rings. The zero-order valence-electron chi connectivity index (χ0n) is 9.18. The number of amides is 1. The average Bonchev–Trinajstić information content (AvgIpc) is 2.24. The van der Waals surface area contributed by atoms with Crippen LogP contribution in [0.25, 0.3) is 0 Å². The Kier molecular flexibility index (Phi) is 3.82. The summed E-state index contributed by atoms with van der Waals surface area (Å²) in [6, 6.07) is 1.92. The highest BCUT2D eigenvalue weighted by Gasteiger charge is 2.20. The molecule has 0 radical (unpaired) electrons. The highest BCUT2D eigenvalue weighted by Crippen LogP contribution is 2.18. The van der Waals surface area contributed by atoms with Crippen LogP contribution in [0.15, 0.2) is 12.1 Å². The van der Waals surface area contributed by atoms with Crippen molar-refractivity contribution in [2.75, 3.05) is 5.73 Å². The average molecular weight is 228 g/mol. The molecule has 0 aromatic heterocycles. The number of hydrogen-bond donors (Lipinski definition) is 2. The molecule has 1 rings (SSSR count). The number of nitrogens with one attached hydrogen (secondary N) is 1. The largest absolute Gasteiger partial charge is 0.396 e. The molecule has 88 valence electrons. The van der Waals surface area contributed by atoms with Crippen LogP contribution in [-0.4, -0.2) is 11.9 Å². The Hall–Kier alpha value is -1.65. The second kappa shape index (κ2) is 4.92. The van der Waals surface area contributed by atoms with Crippen LogP contribution in [0, 0.1) is 11.6 Å². The quantitative estimate of drug-likeness (QED) is 0.778. The van der Waals surface area contributed by atoms with Crippen LogP contribution in [0.3, 0.4) is 0 Å². The molecule has 0 heterocycles. The lowest BCUT2D eigenvalue weighted by atomic mass is 10.1. The Labute approximate surface area is 92.6 Å². The number of hydrogen-bond acceptors (Lipinski definition) is 2. The third-order valence-electron chi connectivity index (χ3n) is 2.34. The molecule has 3 N–H and O–H groups in total. The van der Waals surface area contributed by atoms with E-state index in [1.54, 1.807) is 6.92 Å². The van der Waals surface area contributed by atoms with Gasteiger partial charge in [0, 0.05) is 6.04 Å². The van der Waals surface area contributed by atoms with Gasteiger partial charge in [-0.05, 0) is 25.5 Å². The first-order valence-electron chi connectivity index (χ1n) is 5.01. The van der Waals surface area contributed by atoms with Crippen molar-refractivity contribution in [3.63, 3.8) is 0 Å². The predicted octanol–water partition coefficient (Wildman–Crippen LogP) is 2.08. The molecule has 0 aliphatic heterocycles. The Bertz CT molecular complexity index is 407. The van der Waals surface area contributed by atoms with Gasteiger partial charge in [-0.25, -0.2) is 8.78 Å². The summed E-state index contributed by atoms with van der Waals surface area (Å²) in [5.74, 6) is -2.70. The number of halogens is 2. The predicted molar refractivity (Wildman–Crippen MR) is 58.0 cm³/mol. The van der Waals surface area contributed by atoms with Crippen molar-refractivity contribution in [3.05, 3.63) is 29.3 Å². The number of anilines is 1. The summed E-state index contributed by atoms with van der Waals surface area (Å²) in [6.45, 7) is 3.61. The zero-order chi connectivity index (χ0) is 12.3. The summed E-state index contributed by atoms with van der Waals surface area (Å²) >= 11 is 0. The Balaban J connectivity index is 3.03. The SMILES string of the molecule is CCC(C)NC(=O)c1c(F)ccc(N)c1F. The van der Waals surface area contributed by atoms with Crippen LogP contribution in [-0.2, 0) is 0 Å². The molecule has 0 saturated carbocycles. The molecule has 1 unspecified atom stereocenters. The van der Waals surface area contributed by atoms with Crippen LogP contribution in [0.2, 0.25) is 0 Å². The van der Waals surface area contributed by atoms with Gasteiger partial charge < -0.3 is 11.1 Å².